The lowest BCUT2D eigenvalue weighted by molar-refractivity contribution is -0.116. The van der Waals surface area contributed by atoms with Crippen molar-refractivity contribution in [3.63, 3.8) is 0 Å². The molecule has 1 atom stereocenters. The standard InChI is InChI=1S/C13H25N3O/c1-14(2)13(8-7-9-15(3)12-17)16-10-5-4-6-11-16/h7-8,12-13H,4-6,9-11H2,1-3H3/b8-7-. The van der Waals surface area contributed by atoms with Crippen LogP contribution in [0.3, 0.4) is 0 Å². The maximum absolute atomic E-state index is 10.5. The highest BCUT2D eigenvalue weighted by Crippen LogP contribution is 2.14. The molecule has 1 rings (SSSR count). The van der Waals surface area contributed by atoms with E-state index in [0.717, 1.165) is 6.41 Å². The number of amides is 1. The molecule has 1 unspecified atom stereocenters. The first-order chi connectivity index (χ1) is 8.15. The monoisotopic (exact) mass is 239 g/mol. The number of rotatable bonds is 6. The Labute approximate surface area is 105 Å². The molecule has 0 aromatic carbocycles. The SMILES string of the molecule is CN(C=O)C/C=C\C(N(C)C)N1CCCCC1. The predicted octanol–water partition coefficient (Wildman–Crippen LogP) is 1.00. The minimum Gasteiger partial charge on any atom is -0.345 e. The molecule has 0 spiro atoms. The highest BCUT2D eigenvalue weighted by atomic mass is 16.1. The van der Waals surface area contributed by atoms with Crippen LogP contribution in [0.5, 0.6) is 0 Å². The average Bonchev–Trinajstić information content (AvgIpc) is 2.34. The van der Waals surface area contributed by atoms with Crippen molar-refractivity contribution in [2.75, 3.05) is 40.8 Å². The maximum Gasteiger partial charge on any atom is 0.209 e. The molecule has 1 fully saturated rings. The van der Waals surface area contributed by atoms with E-state index in [0.29, 0.717) is 12.7 Å². The van der Waals surface area contributed by atoms with E-state index in [2.05, 4.69) is 36.0 Å². The van der Waals surface area contributed by atoms with Crippen molar-refractivity contribution in [3.8, 4) is 0 Å². The smallest absolute Gasteiger partial charge is 0.209 e. The van der Waals surface area contributed by atoms with Gasteiger partial charge in [0.25, 0.3) is 0 Å². The van der Waals surface area contributed by atoms with Crippen molar-refractivity contribution in [3.05, 3.63) is 12.2 Å². The normalized spacial score (nSPS) is 19.8. The summed E-state index contributed by atoms with van der Waals surface area (Å²) in [4.78, 5) is 16.9. The summed E-state index contributed by atoms with van der Waals surface area (Å²) in [6.07, 6.45) is 9.44. The van der Waals surface area contributed by atoms with Crippen molar-refractivity contribution >= 4 is 6.41 Å². The molecule has 1 heterocycles. The Bertz CT molecular complexity index is 247. The zero-order valence-corrected chi connectivity index (χ0v) is 11.3. The van der Waals surface area contributed by atoms with E-state index in [1.165, 1.54) is 32.4 Å². The lowest BCUT2D eigenvalue weighted by atomic mass is 10.1. The highest BCUT2D eigenvalue weighted by Gasteiger charge is 2.19. The van der Waals surface area contributed by atoms with Gasteiger partial charge in [-0.3, -0.25) is 14.6 Å². The summed E-state index contributed by atoms with van der Waals surface area (Å²) in [5.41, 5.74) is 0. The average molecular weight is 239 g/mol. The van der Waals surface area contributed by atoms with E-state index < -0.39 is 0 Å². The molecule has 1 aliphatic heterocycles. The zero-order chi connectivity index (χ0) is 12.7. The molecule has 17 heavy (non-hydrogen) atoms. The molecule has 4 nitrogen and oxygen atoms in total. The second-order valence-corrected chi connectivity index (χ2v) is 4.95. The number of piperidine rings is 1. The molecule has 0 radical (unpaired) electrons. The fourth-order valence-corrected chi connectivity index (χ4v) is 2.20. The number of hydrogen-bond donors (Lipinski definition) is 0. The molecule has 4 heteroatoms. The van der Waals surface area contributed by atoms with Gasteiger partial charge in [0.2, 0.25) is 6.41 Å². The van der Waals surface area contributed by atoms with Crippen molar-refractivity contribution < 1.29 is 4.79 Å². The molecular formula is C13H25N3O. The van der Waals surface area contributed by atoms with E-state index in [1.54, 1.807) is 11.9 Å². The van der Waals surface area contributed by atoms with Crippen molar-refractivity contribution in [2.45, 2.75) is 25.4 Å². The maximum atomic E-state index is 10.5. The highest BCUT2D eigenvalue weighted by molar-refractivity contribution is 5.46. The molecule has 1 saturated heterocycles. The first-order valence-corrected chi connectivity index (χ1v) is 6.38. The Kier molecular flexibility index (Phi) is 6.22. The first-order valence-electron chi connectivity index (χ1n) is 6.38. The molecule has 98 valence electrons. The second-order valence-electron chi connectivity index (χ2n) is 4.95. The van der Waals surface area contributed by atoms with Gasteiger partial charge in [-0.2, -0.15) is 0 Å². The Morgan fingerprint density at radius 1 is 1.18 bits per heavy atom. The molecule has 1 aliphatic rings. The third-order valence-electron chi connectivity index (χ3n) is 3.18. The number of carbonyl (C=O) groups excluding carboxylic acids is 1. The van der Waals surface area contributed by atoms with Gasteiger partial charge in [-0.15, -0.1) is 0 Å². The molecule has 0 aromatic heterocycles. The molecule has 0 saturated carbocycles. The van der Waals surface area contributed by atoms with Gasteiger partial charge in [0.1, 0.15) is 0 Å². The van der Waals surface area contributed by atoms with E-state index in [4.69, 9.17) is 0 Å². The quantitative estimate of drug-likeness (QED) is 0.511. The van der Waals surface area contributed by atoms with Crippen LogP contribution in [0.2, 0.25) is 0 Å². The van der Waals surface area contributed by atoms with Crippen LogP contribution in [0.15, 0.2) is 12.2 Å². The second kappa shape index (κ2) is 7.45. The number of hydrogen-bond acceptors (Lipinski definition) is 3. The third kappa shape index (κ3) is 4.88. The van der Waals surface area contributed by atoms with Crippen molar-refractivity contribution in [1.29, 1.82) is 0 Å². The number of likely N-dealkylation sites (N-methyl/N-ethyl adjacent to an activating group) is 2. The van der Waals surface area contributed by atoms with Crippen LogP contribution in [0.4, 0.5) is 0 Å². The lowest BCUT2D eigenvalue weighted by Crippen LogP contribution is -2.46. The fourth-order valence-electron chi connectivity index (χ4n) is 2.20. The van der Waals surface area contributed by atoms with Gasteiger partial charge in [-0.1, -0.05) is 18.6 Å². The van der Waals surface area contributed by atoms with Gasteiger partial charge >= 0.3 is 0 Å². The van der Waals surface area contributed by atoms with Crippen LogP contribution in [0.1, 0.15) is 19.3 Å². The summed E-state index contributed by atoms with van der Waals surface area (Å²) < 4.78 is 0. The van der Waals surface area contributed by atoms with Gasteiger partial charge < -0.3 is 4.90 Å². The summed E-state index contributed by atoms with van der Waals surface area (Å²) >= 11 is 0. The number of nitrogens with zero attached hydrogens (tertiary/aromatic N) is 3. The van der Waals surface area contributed by atoms with Crippen molar-refractivity contribution in [2.24, 2.45) is 0 Å². The number of carbonyl (C=O) groups is 1. The molecular weight excluding hydrogens is 214 g/mol. The van der Waals surface area contributed by atoms with E-state index >= 15 is 0 Å². The van der Waals surface area contributed by atoms with Crippen LogP contribution in [-0.2, 0) is 4.79 Å². The van der Waals surface area contributed by atoms with Gasteiger partial charge in [-0.25, -0.2) is 0 Å². The molecule has 0 N–H and O–H groups in total. The van der Waals surface area contributed by atoms with Gasteiger partial charge in [0.05, 0.1) is 6.17 Å². The van der Waals surface area contributed by atoms with Gasteiger partial charge in [-0.05, 0) is 40.0 Å². The van der Waals surface area contributed by atoms with Gasteiger partial charge in [0, 0.05) is 13.6 Å². The van der Waals surface area contributed by atoms with Crippen molar-refractivity contribution in [1.82, 2.24) is 14.7 Å². The van der Waals surface area contributed by atoms with Crippen LogP contribution in [-0.4, -0.2) is 68.1 Å². The molecule has 0 bridgehead atoms. The Hall–Kier alpha value is -0.870. The summed E-state index contributed by atoms with van der Waals surface area (Å²) in [6, 6.07) is 0. The lowest BCUT2D eigenvalue weighted by Gasteiger charge is -2.36. The zero-order valence-electron chi connectivity index (χ0n) is 11.3. The first kappa shape index (κ1) is 14.2. The fraction of sp³-hybridized carbons (Fsp3) is 0.769. The topological polar surface area (TPSA) is 26.8 Å². The van der Waals surface area contributed by atoms with Crippen LogP contribution < -0.4 is 0 Å². The molecule has 0 aromatic rings. The largest absolute Gasteiger partial charge is 0.345 e. The van der Waals surface area contributed by atoms with E-state index in [-0.39, 0.29) is 0 Å². The summed E-state index contributed by atoms with van der Waals surface area (Å²) in [5.74, 6) is 0. The van der Waals surface area contributed by atoms with Crippen LogP contribution in [0.25, 0.3) is 0 Å². The number of likely N-dealkylation sites (tertiary alicyclic amines) is 1. The summed E-state index contributed by atoms with van der Waals surface area (Å²) in [5, 5.41) is 0. The molecule has 0 aliphatic carbocycles. The Balaban J connectivity index is 2.49. The van der Waals surface area contributed by atoms with Gasteiger partial charge in [0.15, 0.2) is 0 Å². The third-order valence-corrected chi connectivity index (χ3v) is 3.18. The summed E-state index contributed by atoms with van der Waals surface area (Å²) in [6.45, 7) is 3.04. The summed E-state index contributed by atoms with van der Waals surface area (Å²) in [7, 11) is 6.00. The minimum absolute atomic E-state index is 0.357. The van der Waals surface area contributed by atoms with E-state index in [9.17, 15) is 4.79 Å². The van der Waals surface area contributed by atoms with E-state index in [1.807, 2.05) is 0 Å². The Morgan fingerprint density at radius 3 is 2.35 bits per heavy atom. The Morgan fingerprint density at radius 2 is 1.82 bits per heavy atom. The minimum atomic E-state index is 0.357. The van der Waals surface area contributed by atoms with Crippen LogP contribution in [0, 0.1) is 0 Å². The molecule has 1 amide bonds. The van der Waals surface area contributed by atoms with Crippen LogP contribution >= 0.6 is 0 Å². The predicted molar refractivity (Wildman–Crippen MR) is 70.7 cm³/mol.